The summed E-state index contributed by atoms with van der Waals surface area (Å²) in [4.78, 5) is 16.1. The van der Waals surface area contributed by atoms with Crippen molar-refractivity contribution in [3.8, 4) is 0 Å². The van der Waals surface area contributed by atoms with E-state index in [0.29, 0.717) is 11.1 Å². The third kappa shape index (κ3) is 5.63. The van der Waals surface area contributed by atoms with Crippen LogP contribution in [-0.2, 0) is 4.79 Å². The molecule has 1 aliphatic heterocycles. The molecule has 2 aliphatic rings. The van der Waals surface area contributed by atoms with Gasteiger partial charge in [-0.15, -0.1) is 11.8 Å². The normalized spacial score (nSPS) is 21.4. The molecule has 1 N–H and O–H groups in total. The zero-order valence-electron chi connectivity index (χ0n) is 15.0. The zero-order chi connectivity index (χ0) is 17.6. The van der Waals surface area contributed by atoms with Crippen LogP contribution in [0.25, 0.3) is 0 Å². The lowest BCUT2D eigenvalue weighted by Gasteiger charge is -2.34. The average molecular weight is 381 g/mol. The van der Waals surface area contributed by atoms with Crippen LogP contribution in [0.5, 0.6) is 0 Å². The zero-order valence-corrected chi connectivity index (χ0v) is 16.6. The molecular weight excluding hydrogens is 352 g/mol. The molecule has 1 atom stereocenters. The SMILES string of the molecule is CC(Sc1ccccc1Cl)C(=O)NC1CCN(CC2CCCC2)CC1. The summed E-state index contributed by atoms with van der Waals surface area (Å²) >= 11 is 7.73. The van der Waals surface area contributed by atoms with E-state index in [2.05, 4.69) is 10.2 Å². The number of halogens is 1. The van der Waals surface area contributed by atoms with Gasteiger partial charge in [0.2, 0.25) is 5.91 Å². The van der Waals surface area contributed by atoms with Crippen molar-refractivity contribution in [1.82, 2.24) is 10.2 Å². The fourth-order valence-electron chi connectivity index (χ4n) is 3.92. The van der Waals surface area contributed by atoms with Crippen molar-refractivity contribution in [3.05, 3.63) is 29.3 Å². The number of nitrogens with one attached hydrogen (secondary N) is 1. The largest absolute Gasteiger partial charge is 0.352 e. The molecule has 3 nitrogen and oxygen atoms in total. The highest BCUT2D eigenvalue weighted by atomic mass is 35.5. The number of hydrogen-bond donors (Lipinski definition) is 1. The van der Waals surface area contributed by atoms with Gasteiger partial charge in [-0.05, 0) is 50.7 Å². The van der Waals surface area contributed by atoms with Crippen LogP contribution in [0.1, 0.15) is 45.4 Å². The fraction of sp³-hybridized carbons (Fsp3) is 0.650. The van der Waals surface area contributed by atoms with E-state index in [4.69, 9.17) is 11.6 Å². The standard InChI is InChI=1S/C20H29ClN2OS/c1-15(25-19-9-5-4-8-18(19)21)20(24)22-17-10-12-23(13-11-17)14-16-6-2-3-7-16/h4-5,8-9,15-17H,2-3,6-7,10-14H2,1H3,(H,22,24). The van der Waals surface area contributed by atoms with Gasteiger partial charge in [-0.25, -0.2) is 0 Å². The van der Waals surface area contributed by atoms with E-state index in [0.717, 1.165) is 36.7 Å². The van der Waals surface area contributed by atoms with Crippen LogP contribution < -0.4 is 5.32 Å². The molecular formula is C20H29ClN2OS. The monoisotopic (exact) mass is 380 g/mol. The van der Waals surface area contributed by atoms with Crippen molar-refractivity contribution in [3.63, 3.8) is 0 Å². The van der Waals surface area contributed by atoms with Gasteiger partial charge in [0.05, 0.1) is 10.3 Å². The number of amides is 1. The Balaban J connectivity index is 1.40. The fourth-order valence-corrected chi connectivity index (χ4v) is 5.08. The molecule has 1 amide bonds. The van der Waals surface area contributed by atoms with Gasteiger partial charge >= 0.3 is 0 Å². The number of hydrogen-bond acceptors (Lipinski definition) is 3. The van der Waals surface area contributed by atoms with Crippen LogP contribution in [0.2, 0.25) is 5.02 Å². The van der Waals surface area contributed by atoms with Gasteiger partial charge in [-0.3, -0.25) is 4.79 Å². The minimum absolute atomic E-state index is 0.124. The Bertz CT molecular complexity index is 569. The Hall–Kier alpha value is -0.710. The van der Waals surface area contributed by atoms with Crippen molar-refractivity contribution < 1.29 is 4.79 Å². The van der Waals surface area contributed by atoms with E-state index in [9.17, 15) is 4.79 Å². The second-order valence-corrected chi connectivity index (χ2v) is 9.21. The van der Waals surface area contributed by atoms with Crippen molar-refractivity contribution in [2.24, 2.45) is 5.92 Å². The van der Waals surface area contributed by atoms with Gasteiger partial charge in [0.25, 0.3) is 0 Å². The lowest BCUT2D eigenvalue weighted by Crippen LogP contribution is -2.47. The number of thioether (sulfide) groups is 1. The van der Waals surface area contributed by atoms with E-state index in [1.54, 1.807) is 0 Å². The van der Waals surface area contributed by atoms with Gasteiger partial charge < -0.3 is 10.2 Å². The van der Waals surface area contributed by atoms with E-state index in [1.807, 2.05) is 31.2 Å². The maximum atomic E-state index is 12.5. The Morgan fingerprint density at radius 3 is 2.60 bits per heavy atom. The first-order chi connectivity index (χ1) is 12.1. The second-order valence-electron chi connectivity index (χ2n) is 7.42. The van der Waals surface area contributed by atoms with Gasteiger partial charge in [0, 0.05) is 30.6 Å². The van der Waals surface area contributed by atoms with Gasteiger partial charge in [-0.2, -0.15) is 0 Å². The summed E-state index contributed by atoms with van der Waals surface area (Å²) in [5.74, 6) is 1.04. The number of nitrogens with zero attached hydrogens (tertiary/aromatic N) is 1. The summed E-state index contributed by atoms with van der Waals surface area (Å²) < 4.78 is 0. The summed E-state index contributed by atoms with van der Waals surface area (Å²) in [5.41, 5.74) is 0. The van der Waals surface area contributed by atoms with Crippen LogP contribution in [0.4, 0.5) is 0 Å². The van der Waals surface area contributed by atoms with E-state index in [1.165, 1.54) is 44.0 Å². The van der Waals surface area contributed by atoms with Crippen molar-refractivity contribution in [2.45, 2.75) is 61.6 Å². The van der Waals surface area contributed by atoms with Gasteiger partial charge in [0.1, 0.15) is 0 Å². The van der Waals surface area contributed by atoms with Crippen molar-refractivity contribution in [2.75, 3.05) is 19.6 Å². The van der Waals surface area contributed by atoms with Gasteiger partial charge in [0.15, 0.2) is 0 Å². The first-order valence-electron chi connectivity index (χ1n) is 9.55. The molecule has 0 radical (unpaired) electrons. The number of piperidine rings is 1. The Labute approximate surface area is 160 Å². The molecule has 1 unspecified atom stereocenters. The minimum atomic E-state index is -0.128. The molecule has 3 rings (SSSR count). The predicted molar refractivity (Wildman–Crippen MR) is 106 cm³/mol. The molecule has 1 aromatic rings. The van der Waals surface area contributed by atoms with Crippen LogP contribution >= 0.6 is 23.4 Å². The first-order valence-corrected chi connectivity index (χ1v) is 10.8. The predicted octanol–water partition coefficient (Wildman–Crippen LogP) is 4.59. The molecule has 25 heavy (non-hydrogen) atoms. The molecule has 1 saturated carbocycles. The maximum absolute atomic E-state index is 12.5. The molecule has 1 heterocycles. The molecule has 138 valence electrons. The Morgan fingerprint density at radius 2 is 1.92 bits per heavy atom. The third-order valence-electron chi connectivity index (χ3n) is 5.43. The van der Waals surface area contributed by atoms with Crippen LogP contribution in [0.15, 0.2) is 29.2 Å². The third-order valence-corrected chi connectivity index (χ3v) is 7.05. The number of rotatable bonds is 6. The highest BCUT2D eigenvalue weighted by molar-refractivity contribution is 8.00. The van der Waals surface area contributed by atoms with Crippen LogP contribution in [-0.4, -0.2) is 41.7 Å². The summed E-state index contributed by atoms with van der Waals surface area (Å²) in [7, 11) is 0. The molecule has 1 aromatic carbocycles. The van der Waals surface area contributed by atoms with E-state index >= 15 is 0 Å². The topological polar surface area (TPSA) is 32.3 Å². The minimum Gasteiger partial charge on any atom is -0.352 e. The molecule has 2 fully saturated rings. The first kappa shape index (κ1) is 19.1. The van der Waals surface area contributed by atoms with Gasteiger partial charge in [-0.1, -0.05) is 36.6 Å². The lowest BCUT2D eigenvalue weighted by atomic mass is 10.0. The van der Waals surface area contributed by atoms with Crippen molar-refractivity contribution in [1.29, 1.82) is 0 Å². The lowest BCUT2D eigenvalue weighted by molar-refractivity contribution is -0.121. The smallest absolute Gasteiger partial charge is 0.233 e. The van der Waals surface area contributed by atoms with E-state index in [-0.39, 0.29) is 11.2 Å². The molecule has 1 aliphatic carbocycles. The number of carbonyl (C=O) groups is 1. The van der Waals surface area contributed by atoms with E-state index < -0.39 is 0 Å². The highest BCUT2D eigenvalue weighted by Crippen LogP contribution is 2.30. The molecule has 0 spiro atoms. The summed E-state index contributed by atoms with van der Waals surface area (Å²) in [6, 6.07) is 8.03. The second kappa shape index (κ2) is 9.29. The summed E-state index contributed by atoms with van der Waals surface area (Å²) in [6.45, 7) is 5.46. The van der Waals surface area contributed by atoms with Crippen molar-refractivity contribution >= 4 is 29.3 Å². The molecule has 5 heteroatoms. The number of likely N-dealkylation sites (tertiary alicyclic amines) is 1. The maximum Gasteiger partial charge on any atom is 0.233 e. The number of carbonyl (C=O) groups excluding carboxylic acids is 1. The molecule has 0 bridgehead atoms. The Kier molecular flexibility index (Phi) is 7.08. The average Bonchev–Trinajstić information content (AvgIpc) is 3.11. The quantitative estimate of drug-likeness (QED) is 0.732. The highest BCUT2D eigenvalue weighted by Gasteiger charge is 2.25. The van der Waals surface area contributed by atoms with Crippen LogP contribution in [0.3, 0.4) is 0 Å². The molecule has 0 aromatic heterocycles. The Morgan fingerprint density at radius 1 is 1.24 bits per heavy atom. The molecule has 1 saturated heterocycles. The summed E-state index contributed by atoms with van der Waals surface area (Å²) in [6.07, 6.45) is 7.79. The summed E-state index contributed by atoms with van der Waals surface area (Å²) in [5, 5.41) is 3.83. The van der Waals surface area contributed by atoms with Crippen LogP contribution in [0, 0.1) is 5.92 Å². The number of benzene rings is 1.